The van der Waals surface area contributed by atoms with Crippen molar-refractivity contribution < 1.29 is 24.9 Å². The van der Waals surface area contributed by atoms with Gasteiger partial charge < -0.3 is 20.2 Å². The maximum Gasteiger partial charge on any atom is 0.326 e. The number of carboxylic acids is 1. The minimum Gasteiger partial charge on any atom is -0.505 e. The summed E-state index contributed by atoms with van der Waals surface area (Å²) >= 11 is 0. The topological polar surface area (TPSA) is 111 Å². The summed E-state index contributed by atoms with van der Waals surface area (Å²) < 4.78 is 0. The zero-order chi connectivity index (χ0) is 13.3. The molecule has 0 saturated carbocycles. The first kappa shape index (κ1) is 12.3. The molecule has 2 heterocycles. The summed E-state index contributed by atoms with van der Waals surface area (Å²) in [5.41, 5.74) is -0.210. The third-order valence-electron chi connectivity index (χ3n) is 2.81. The first-order chi connectivity index (χ1) is 8.50. The van der Waals surface area contributed by atoms with Crippen molar-refractivity contribution in [2.24, 2.45) is 0 Å². The lowest BCUT2D eigenvalue weighted by atomic mass is 10.2. The molecule has 7 heteroatoms. The van der Waals surface area contributed by atoms with E-state index >= 15 is 0 Å². The number of β-amino-alcohol motifs (C(OH)–C–C–N with tert-alkyl or cyclic N) is 1. The van der Waals surface area contributed by atoms with E-state index in [2.05, 4.69) is 4.98 Å². The Morgan fingerprint density at radius 3 is 2.78 bits per heavy atom. The van der Waals surface area contributed by atoms with Crippen molar-refractivity contribution in [1.29, 1.82) is 0 Å². The monoisotopic (exact) mass is 252 g/mol. The lowest BCUT2D eigenvalue weighted by Gasteiger charge is -2.20. The molecule has 96 valence electrons. The number of likely N-dealkylation sites (tertiary alicyclic amines) is 1. The number of aliphatic hydroxyl groups excluding tert-OH is 1. The highest BCUT2D eigenvalue weighted by molar-refractivity contribution is 5.97. The Labute approximate surface area is 102 Å². The summed E-state index contributed by atoms with van der Waals surface area (Å²) in [4.78, 5) is 27.8. The second kappa shape index (κ2) is 4.61. The summed E-state index contributed by atoms with van der Waals surface area (Å²) in [6.45, 7) is -0.0776. The molecule has 1 aromatic heterocycles. The van der Waals surface area contributed by atoms with E-state index in [1.807, 2.05) is 0 Å². The molecule has 0 aliphatic carbocycles. The number of aromatic nitrogens is 1. The van der Waals surface area contributed by atoms with Gasteiger partial charge in [-0.2, -0.15) is 0 Å². The standard InChI is InChI=1S/C11H12N2O5/c14-6-4-7(11(17)18)13(5-6)10(16)9-8(15)2-1-3-12-9/h1-3,6-7,14-15H,4-5H2,(H,17,18)/t6-,7-/m1/s1. The summed E-state index contributed by atoms with van der Waals surface area (Å²) in [5, 5.41) is 27.9. The lowest BCUT2D eigenvalue weighted by Crippen LogP contribution is -2.40. The molecule has 1 aliphatic heterocycles. The Balaban J connectivity index is 2.28. The number of hydrogen-bond donors (Lipinski definition) is 3. The predicted octanol–water partition coefficient (Wildman–Crippen LogP) is -0.553. The highest BCUT2D eigenvalue weighted by atomic mass is 16.4. The molecular formula is C11H12N2O5. The lowest BCUT2D eigenvalue weighted by molar-refractivity contribution is -0.141. The zero-order valence-electron chi connectivity index (χ0n) is 9.35. The fourth-order valence-electron chi connectivity index (χ4n) is 1.97. The van der Waals surface area contributed by atoms with E-state index in [1.54, 1.807) is 0 Å². The van der Waals surface area contributed by atoms with E-state index in [0.717, 1.165) is 4.90 Å². The average molecular weight is 252 g/mol. The van der Waals surface area contributed by atoms with Crippen LogP contribution in [0.2, 0.25) is 0 Å². The van der Waals surface area contributed by atoms with Gasteiger partial charge in [0.05, 0.1) is 6.10 Å². The number of amides is 1. The number of carbonyl (C=O) groups excluding carboxylic acids is 1. The highest BCUT2D eigenvalue weighted by Crippen LogP contribution is 2.23. The second-order valence-electron chi connectivity index (χ2n) is 4.07. The molecule has 0 radical (unpaired) electrons. The van der Waals surface area contributed by atoms with Crippen molar-refractivity contribution in [2.45, 2.75) is 18.6 Å². The molecule has 2 atom stereocenters. The van der Waals surface area contributed by atoms with E-state index in [-0.39, 0.29) is 24.4 Å². The van der Waals surface area contributed by atoms with Crippen LogP contribution < -0.4 is 0 Å². The molecule has 0 bridgehead atoms. The van der Waals surface area contributed by atoms with E-state index in [4.69, 9.17) is 5.11 Å². The molecular weight excluding hydrogens is 240 g/mol. The summed E-state index contributed by atoms with van der Waals surface area (Å²) in [7, 11) is 0. The Hall–Kier alpha value is -2.15. The first-order valence-corrected chi connectivity index (χ1v) is 5.36. The Bertz CT molecular complexity index is 490. The molecule has 1 aliphatic rings. The van der Waals surface area contributed by atoms with Gasteiger partial charge in [0.25, 0.3) is 5.91 Å². The molecule has 2 rings (SSSR count). The van der Waals surface area contributed by atoms with Gasteiger partial charge in [0, 0.05) is 19.2 Å². The number of hydrogen-bond acceptors (Lipinski definition) is 5. The normalized spacial score (nSPS) is 23.1. The largest absolute Gasteiger partial charge is 0.505 e. The fraction of sp³-hybridized carbons (Fsp3) is 0.364. The van der Waals surface area contributed by atoms with Crippen molar-refractivity contribution in [3.8, 4) is 5.75 Å². The van der Waals surface area contributed by atoms with Crippen LogP contribution in [0.25, 0.3) is 0 Å². The Morgan fingerprint density at radius 1 is 1.44 bits per heavy atom. The summed E-state index contributed by atoms with van der Waals surface area (Å²) in [6.07, 6.45) is 0.435. The molecule has 1 saturated heterocycles. The van der Waals surface area contributed by atoms with Crippen LogP contribution in [0.5, 0.6) is 5.75 Å². The number of rotatable bonds is 2. The van der Waals surface area contributed by atoms with Gasteiger partial charge in [0.1, 0.15) is 11.8 Å². The maximum atomic E-state index is 12.1. The molecule has 1 aromatic rings. The van der Waals surface area contributed by atoms with Gasteiger partial charge in [-0.05, 0) is 12.1 Å². The Kier molecular flexibility index (Phi) is 3.15. The zero-order valence-corrected chi connectivity index (χ0v) is 9.35. The fourth-order valence-corrected chi connectivity index (χ4v) is 1.97. The smallest absolute Gasteiger partial charge is 0.326 e. The van der Waals surface area contributed by atoms with Gasteiger partial charge in [-0.1, -0.05) is 0 Å². The van der Waals surface area contributed by atoms with Crippen LogP contribution >= 0.6 is 0 Å². The maximum absolute atomic E-state index is 12.1. The molecule has 0 unspecified atom stereocenters. The number of aliphatic hydroxyl groups is 1. The highest BCUT2D eigenvalue weighted by Gasteiger charge is 2.40. The number of aliphatic carboxylic acids is 1. The van der Waals surface area contributed by atoms with Gasteiger partial charge in [-0.3, -0.25) is 4.79 Å². The minimum absolute atomic E-state index is 0.0192. The second-order valence-corrected chi connectivity index (χ2v) is 4.07. The van der Waals surface area contributed by atoms with Gasteiger partial charge in [-0.15, -0.1) is 0 Å². The molecule has 0 aromatic carbocycles. The first-order valence-electron chi connectivity index (χ1n) is 5.36. The summed E-state index contributed by atoms with van der Waals surface area (Å²) in [6, 6.07) is 1.66. The van der Waals surface area contributed by atoms with Crippen LogP contribution in [0.3, 0.4) is 0 Å². The van der Waals surface area contributed by atoms with Crippen molar-refractivity contribution in [3.63, 3.8) is 0 Å². The molecule has 18 heavy (non-hydrogen) atoms. The molecule has 1 fully saturated rings. The van der Waals surface area contributed by atoms with Crippen molar-refractivity contribution in [2.75, 3.05) is 6.54 Å². The number of aromatic hydroxyl groups is 1. The van der Waals surface area contributed by atoms with Crippen LogP contribution in [0, 0.1) is 0 Å². The predicted molar refractivity (Wildman–Crippen MR) is 59.0 cm³/mol. The van der Waals surface area contributed by atoms with Crippen LogP contribution in [0.1, 0.15) is 16.9 Å². The quantitative estimate of drug-likeness (QED) is 0.651. The van der Waals surface area contributed by atoms with Crippen LogP contribution in [-0.4, -0.2) is 55.8 Å². The third-order valence-corrected chi connectivity index (χ3v) is 2.81. The molecule has 1 amide bonds. The van der Waals surface area contributed by atoms with E-state index in [1.165, 1.54) is 18.3 Å². The number of carboxylic acid groups (broad SMARTS) is 1. The van der Waals surface area contributed by atoms with Gasteiger partial charge in [0.2, 0.25) is 0 Å². The van der Waals surface area contributed by atoms with E-state index in [0.29, 0.717) is 0 Å². The van der Waals surface area contributed by atoms with Crippen LogP contribution in [-0.2, 0) is 4.79 Å². The van der Waals surface area contributed by atoms with Crippen molar-refractivity contribution >= 4 is 11.9 Å². The molecule has 3 N–H and O–H groups in total. The molecule has 0 spiro atoms. The van der Waals surface area contributed by atoms with E-state index < -0.39 is 24.0 Å². The number of nitrogens with zero attached hydrogens (tertiary/aromatic N) is 2. The Morgan fingerprint density at radius 2 is 2.17 bits per heavy atom. The van der Waals surface area contributed by atoms with Gasteiger partial charge >= 0.3 is 5.97 Å². The summed E-state index contributed by atoms with van der Waals surface area (Å²) in [5.74, 6) is -2.19. The van der Waals surface area contributed by atoms with Crippen molar-refractivity contribution in [3.05, 3.63) is 24.0 Å². The van der Waals surface area contributed by atoms with Crippen LogP contribution in [0.15, 0.2) is 18.3 Å². The average Bonchev–Trinajstić information content (AvgIpc) is 2.71. The SMILES string of the molecule is O=C(O)[C@H]1C[C@@H](O)CN1C(=O)c1ncccc1O. The van der Waals surface area contributed by atoms with Crippen molar-refractivity contribution in [1.82, 2.24) is 9.88 Å². The van der Waals surface area contributed by atoms with Crippen LogP contribution in [0.4, 0.5) is 0 Å². The molecule has 7 nitrogen and oxygen atoms in total. The number of carbonyl (C=O) groups is 2. The minimum atomic E-state index is -1.18. The van der Waals surface area contributed by atoms with Gasteiger partial charge in [-0.25, -0.2) is 9.78 Å². The van der Waals surface area contributed by atoms with Gasteiger partial charge in [0.15, 0.2) is 5.69 Å². The number of pyridine rings is 1. The third kappa shape index (κ3) is 2.12. The van der Waals surface area contributed by atoms with E-state index in [9.17, 15) is 19.8 Å².